The summed E-state index contributed by atoms with van der Waals surface area (Å²) < 4.78 is 35.3. The summed E-state index contributed by atoms with van der Waals surface area (Å²) >= 11 is 0. The molecule has 1 aromatic carbocycles. The standard InChI is InChI=1S/C44H57NO15/c1-8-19-55-40(53)45-32(26-15-11-9-12-16-26)33(49)39(52)58-28-21-44(54)37(59-38(51)27-17-13-10-14-18-27)35-42(7,29(48)20-30-43(35,22-56-30)60-25(4)47)36(50)34(57-24(3)46)31(23(28)2)41(44,5)6/h8,10,13-14,17-18,23,26,28-30,32-33,35,37,48-49,54H,1,9,11-12,15-16,19-22H2,2-7H3,(H,45,53)/t23?,28-,29-,30+,32-,33+,35-,37-,42+,43-,44+/m0/s1. The third-order valence-electron chi connectivity index (χ3n) is 13.8. The van der Waals surface area contributed by atoms with Crippen molar-refractivity contribution in [1.29, 1.82) is 0 Å². The number of ether oxygens (including phenoxy) is 6. The van der Waals surface area contributed by atoms with Gasteiger partial charge in [-0.1, -0.05) is 70.9 Å². The molecule has 1 amide bonds. The molecule has 1 aromatic rings. The van der Waals surface area contributed by atoms with Crippen molar-refractivity contribution in [2.75, 3.05) is 13.2 Å². The summed E-state index contributed by atoms with van der Waals surface area (Å²) in [5.41, 5.74) is -7.75. The van der Waals surface area contributed by atoms with E-state index in [0.29, 0.717) is 12.8 Å². The zero-order valence-corrected chi connectivity index (χ0v) is 35.0. The number of allylic oxidation sites excluding steroid dienone is 1. The van der Waals surface area contributed by atoms with Crippen LogP contribution in [0, 0.1) is 28.6 Å². The van der Waals surface area contributed by atoms with Gasteiger partial charge in [-0.3, -0.25) is 14.4 Å². The summed E-state index contributed by atoms with van der Waals surface area (Å²) in [5.74, 6) is -8.09. The lowest BCUT2D eigenvalue weighted by molar-refractivity contribution is -0.345. The molecule has 328 valence electrons. The number of aliphatic hydroxyl groups excluding tert-OH is 2. The van der Waals surface area contributed by atoms with Gasteiger partial charge in [-0.15, -0.1) is 0 Å². The maximum absolute atomic E-state index is 15.4. The fourth-order valence-corrected chi connectivity index (χ4v) is 10.6. The molecular weight excluding hydrogens is 782 g/mol. The smallest absolute Gasteiger partial charge is 0.407 e. The van der Waals surface area contributed by atoms with E-state index in [4.69, 9.17) is 28.4 Å². The summed E-state index contributed by atoms with van der Waals surface area (Å²) in [6.07, 6.45) is -4.18. The highest BCUT2D eigenvalue weighted by atomic mass is 16.6. The van der Waals surface area contributed by atoms with Gasteiger partial charge in [0.1, 0.15) is 30.5 Å². The first kappa shape index (κ1) is 44.9. The number of carbonyl (C=O) groups excluding carboxylic acids is 6. The van der Waals surface area contributed by atoms with Crippen LogP contribution in [0.1, 0.15) is 96.8 Å². The monoisotopic (exact) mass is 839 g/mol. The van der Waals surface area contributed by atoms with E-state index in [9.17, 15) is 39.3 Å². The molecule has 2 bridgehead atoms. The molecule has 1 saturated heterocycles. The Hall–Kier alpha value is -4.64. The molecule has 5 aliphatic rings. The third kappa shape index (κ3) is 7.64. The van der Waals surface area contributed by atoms with Gasteiger partial charge >= 0.3 is 30.0 Å². The number of ketones is 1. The molecule has 4 fully saturated rings. The van der Waals surface area contributed by atoms with E-state index in [1.807, 2.05) is 0 Å². The second-order valence-corrected chi connectivity index (χ2v) is 17.6. The normalized spacial score (nSPS) is 34.4. The summed E-state index contributed by atoms with van der Waals surface area (Å²) in [6, 6.07) is 6.74. The van der Waals surface area contributed by atoms with Crippen molar-refractivity contribution >= 4 is 35.8 Å². The Balaban J connectivity index is 1.53. The minimum atomic E-state index is -2.37. The molecule has 3 saturated carbocycles. The zero-order chi connectivity index (χ0) is 43.9. The van der Waals surface area contributed by atoms with Crippen molar-refractivity contribution in [2.45, 2.75) is 134 Å². The average Bonchev–Trinajstić information content (AvgIpc) is 3.20. The molecule has 6 rings (SSSR count). The Morgan fingerprint density at radius 3 is 2.27 bits per heavy atom. The highest BCUT2D eigenvalue weighted by Gasteiger charge is 2.78. The van der Waals surface area contributed by atoms with Crippen LogP contribution in [0.5, 0.6) is 0 Å². The van der Waals surface area contributed by atoms with Crippen LogP contribution in [0.3, 0.4) is 0 Å². The first-order valence-electron chi connectivity index (χ1n) is 20.6. The zero-order valence-electron chi connectivity index (χ0n) is 35.0. The van der Waals surface area contributed by atoms with Crippen LogP contribution in [0.25, 0.3) is 0 Å². The van der Waals surface area contributed by atoms with Crippen molar-refractivity contribution < 1.29 is 72.5 Å². The topological polar surface area (TPSA) is 231 Å². The second kappa shape index (κ2) is 17.0. The number of hydrogen-bond donors (Lipinski definition) is 4. The third-order valence-corrected chi connectivity index (χ3v) is 13.8. The van der Waals surface area contributed by atoms with E-state index in [2.05, 4.69) is 11.9 Å². The fourth-order valence-electron chi connectivity index (χ4n) is 10.6. The van der Waals surface area contributed by atoms with Crippen molar-refractivity contribution in [3.8, 4) is 0 Å². The number of benzene rings is 1. The van der Waals surface area contributed by atoms with Crippen molar-refractivity contribution in [1.82, 2.24) is 5.32 Å². The highest BCUT2D eigenvalue weighted by Crippen LogP contribution is 2.65. The summed E-state index contributed by atoms with van der Waals surface area (Å²) in [4.78, 5) is 82.5. The summed E-state index contributed by atoms with van der Waals surface area (Å²) in [6.45, 7) is 11.5. The Bertz CT molecular complexity index is 1910. The molecule has 0 spiro atoms. The minimum Gasteiger partial charge on any atom is -0.460 e. The number of Topliss-reactive ketones (excluding diaryl/α,β-unsaturated/α-hetero) is 1. The number of esters is 4. The van der Waals surface area contributed by atoms with E-state index in [0.717, 1.165) is 33.1 Å². The van der Waals surface area contributed by atoms with Crippen LogP contribution in [0.15, 0.2) is 54.3 Å². The van der Waals surface area contributed by atoms with E-state index >= 15 is 4.79 Å². The molecular formula is C44H57NO15. The molecule has 1 heterocycles. The predicted octanol–water partition coefficient (Wildman–Crippen LogP) is 3.63. The van der Waals surface area contributed by atoms with Gasteiger partial charge in [-0.2, -0.15) is 0 Å². The number of fused-ring (bicyclic) bond motifs is 5. The van der Waals surface area contributed by atoms with E-state index in [1.54, 1.807) is 39.0 Å². The van der Waals surface area contributed by atoms with E-state index in [1.165, 1.54) is 25.1 Å². The molecule has 4 aliphatic carbocycles. The van der Waals surface area contributed by atoms with Gasteiger partial charge < -0.3 is 49.1 Å². The molecule has 60 heavy (non-hydrogen) atoms. The predicted molar refractivity (Wildman–Crippen MR) is 209 cm³/mol. The first-order chi connectivity index (χ1) is 28.2. The number of aliphatic hydroxyl groups is 3. The average molecular weight is 840 g/mol. The van der Waals surface area contributed by atoms with E-state index in [-0.39, 0.29) is 36.7 Å². The largest absolute Gasteiger partial charge is 0.460 e. The molecule has 11 atom stereocenters. The number of alkyl carbamates (subject to hydrolysis) is 1. The maximum Gasteiger partial charge on any atom is 0.407 e. The van der Waals surface area contributed by atoms with Gasteiger partial charge in [-0.25, -0.2) is 14.4 Å². The van der Waals surface area contributed by atoms with Crippen LogP contribution in [-0.4, -0.2) is 112 Å². The highest BCUT2D eigenvalue weighted by molar-refractivity contribution is 6.02. The van der Waals surface area contributed by atoms with Crippen LogP contribution in [0.4, 0.5) is 4.79 Å². The van der Waals surface area contributed by atoms with Crippen LogP contribution >= 0.6 is 0 Å². The maximum atomic E-state index is 15.4. The molecule has 0 radical (unpaired) electrons. The Morgan fingerprint density at radius 1 is 1.02 bits per heavy atom. The summed E-state index contributed by atoms with van der Waals surface area (Å²) in [7, 11) is 0. The van der Waals surface area contributed by atoms with Gasteiger partial charge in [0.2, 0.25) is 5.78 Å². The number of nitrogens with one attached hydrogen (secondary N) is 1. The Morgan fingerprint density at radius 2 is 1.68 bits per heavy atom. The number of amides is 1. The van der Waals surface area contributed by atoms with Crippen LogP contribution < -0.4 is 5.32 Å². The first-order valence-corrected chi connectivity index (χ1v) is 20.6. The van der Waals surface area contributed by atoms with Crippen molar-refractivity contribution in [2.24, 2.45) is 28.6 Å². The summed E-state index contributed by atoms with van der Waals surface area (Å²) in [5, 5.41) is 40.0. The molecule has 1 unspecified atom stereocenters. The Kier molecular flexibility index (Phi) is 12.7. The van der Waals surface area contributed by atoms with Gasteiger partial charge in [0, 0.05) is 38.0 Å². The lowest BCUT2D eigenvalue weighted by atomic mass is 9.45. The van der Waals surface area contributed by atoms with Crippen molar-refractivity contribution in [3.05, 3.63) is 59.9 Å². The minimum absolute atomic E-state index is 0.0138. The van der Waals surface area contributed by atoms with E-state index < -0.39 is 118 Å². The fraction of sp³-hybridized carbons (Fsp3) is 0.636. The quantitative estimate of drug-likeness (QED) is 0.142. The number of carbonyl (C=O) groups is 6. The lowest BCUT2D eigenvalue weighted by Crippen LogP contribution is -2.81. The number of hydrogen-bond acceptors (Lipinski definition) is 15. The lowest BCUT2D eigenvalue weighted by Gasteiger charge is -2.67. The van der Waals surface area contributed by atoms with Gasteiger partial charge in [0.15, 0.2) is 17.5 Å². The van der Waals surface area contributed by atoms with Crippen LogP contribution in [-0.2, 0) is 47.6 Å². The Labute approximate surface area is 348 Å². The molecule has 16 heteroatoms. The molecule has 1 aliphatic heterocycles. The molecule has 16 nitrogen and oxygen atoms in total. The van der Waals surface area contributed by atoms with Gasteiger partial charge in [0.05, 0.1) is 35.6 Å². The molecule has 0 aromatic heterocycles. The van der Waals surface area contributed by atoms with Gasteiger partial charge in [-0.05, 0) is 43.4 Å². The van der Waals surface area contributed by atoms with Crippen LogP contribution in [0.2, 0.25) is 0 Å². The van der Waals surface area contributed by atoms with Gasteiger partial charge in [0.25, 0.3) is 0 Å². The second-order valence-electron chi connectivity index (χ2n) is 17.6. The van der Waals surface area contributed by atoms with Crippen molar-refractivity contribution in [3.63, 3.8) is 0 Å². The number of rotatable bonds is 11. The SMILES string of the molecule is C=CCOC(=O)N[C@@H](C1CCCCC1)[C@@H](O)C(=O)O[C@H]1C[C@@]2(O)[C@@H](OC(=O)c3ccccc3)[C@@H]3[C@]4(OC(C)=O)CO[C@@H]4C[C@H](O)[C@@]3(C)C(=O)C(OC(C)=O)=C(C1C)C2(C)C. The molecule has 4 N–H and O–H groups in total.